The molecule has 0 fully saturated rings. The lowest BCUT2D eigenvalue weighted by molar-refractivity contribution is -0.438. The molecule has 0 radical (unpaired) electrons. The van der Waals surface area contributed by atoms with Gasteiger partial charge in [-0.1, -0.05) is 38.5 Å². The monoisotopic (exact) mass is 764 g/mol. The van der Waals surface area contributed by atoms with Crippen LogP contribution in [0.25, 0.3) is 0 Å². The Morgan fingerprint density at radius 3 is 2.02 bits per heavy atom. The van der Waals surface area contributed by atoms with Gasteiger partial charge in [0.05, 0.1) is 21.0 Å². The Balaban J connectivity index is 1.67. The largest absolute Gasteiger partial charge is 0.370 e. The summed E-state index contributed by atoms with van der Waals surface area (Å²) in [6.07, 6.45) is 12.4. The fourth-order valence-corrected chi connectivity index (χ4v) is 8.35. The van der Waals surface area contributed by atoms with Crippen LogP contribution in [0.1, 0.15) is 77.3 Å². The molecule has 2 heterocycles. The molecule has 278 valence electrons. The Morgan fingerprint density at radius 1 is 0.784 bits per heavy atom. The predicted molar refractivity (Wildman–Crippen MR) is 195 cm³/mol. The fourth-order valence-electron chi connectivity index (χ4n) is 6.77. The highest BCUT2D eigenvalue weighted by Gasteiger charge is 2.45. The van der Waals surface area contributed by atoms with Gasteiger partial charge < -0.3 is 10.6 Å². The number of amides is 1. The van der Waals surface area contributed by atoms with E-state index in [1.165, 1.54) is 24.3 Å². The molecule has 0 saturated carbocycles. The van der Waals surface area contributed by atoms with Gasteiger partial charge in [-0.25, -0.2) is 0 Å². The van der Waals surface area contributed by atoms with Crippen molar-refractivity contribution in [2.24, 2.45) is 5.73 Å². The van der Waals surface area contributed by atoms with E-state index in [1.807, 2.05) is 62.7 Å². The average molecular weight is 765 g/mol. The highest BCUT2D eigenvalue weighted by Crippen LogP contribution is 2.48. The normalized spacial score (nSPS) is 17.9. The number of carbonyl (C=O) groups is 1. The van der Waals surface area contributed by atoms with Crippen LogP contribution in [0.15, 0.2) is 82.3 Å². The highest BCUT2D eigenvalue weighted by atomic mass is 32.2. The van der Waals surface area contributed by atoms with Crippen LogP contribution < -0.4 is 10.6 Å². The van der Waals surface area contributed by atoms with Gasteiger partial charge in [0.1, 0.15) is 6.54 Å². The molecule has 1 amide bonds. The third-order valence-corrected chi connectivity index (χ3v) is 11.9. The van der Waals surface area contributed by atoms with Crippen LogP contribution in [0.4, 0.5) is 11.4 Å². The van der Waals surface area contributed by atoms with Crippen LogP contribution >= 0.6 is 0 Å². The zero-order valence-electron chi connectivity index (χ0n) is 29.1. The van der Waals surface area contributed by atoms with Crippen molar-refractivity contribution in [3.63, 3.8) is 0 Å². The lowest BCUT2D eigenvalue weighted by atomic mass is 9.81. The molecule has 0 saturated heterocycles. The topological polar surface area (TPSA) is 212 Å². The van der Waals surface area contributed by atoms with E-state index in [2.05, 4.69) is 4.90 Å². The smallest absolute Gasteiger partial charge is 0.294 e. The second-order valence-corrected chi connectivity index (χ2v) is 18.2. The number of primary amides is 1. The van der Waals surface area contributed by atoms with E-state index in [9.17, 15) is 43.7 Å². The van der Waals surface area contributed by atoms with Crippen LogP contribution in [0.3, 0.4) is 0 Å². The number of allylic oxidation sites excluding steroid dienone is 6. The minimum atomic E-state index is -4.46. The van der Waals surface area contributed by atoms with E-state index in [-0.39, 0.29) is 27.9 Å². The Kier molecular flexibility index (Phi) is 11.9. The minimum Gasteiger partial charge on any atom is -0.370 e. The van der Waals surface area contributed by atoms with E-state index in [0.717, 1.165) is 35.5 Å². The third-order valence-electron chi connectivity index (χ3n) is 9.39. The summed E-state index contributed by atoms with van der Waals surface area (Å²) in [4.78, 5) is 12.9. The number of fused-ring (bicyclic) bond motifs is 2. The molecule has 2 aromatic rings. The molecule has 4 rings (SSSR count). The summed E-state index contributed by atoms with van der Waals surface area (Å²) in [6.45, 7) is 8.76. The number of hydrogen-bond acceptors (Lipinski definition) is 8. The van der Waals surface area contributed by atoms with Crippen molar-refractivity contribution in [3.05, 3.63) is 83.6 Å². The first-order chi connectivity index (χ1) is 23.5. The van der Waals surface area contributed by atoms with Crippen molar-refractivity contribution in [3.8, 4) is 0 Å². The van der Waals surface area contributed by atoms with Gasteiger partial charge in [-0.2, -0.15) is 29.8 Å². The Bertz CT molecular complexity index is 2150. The van der Waals surface area contributed by atoms with Crippen molar-refractivity contribution in [1.29, 1.82) is 0 Å². The summed E-state index contributed by atoms with van der Waals surface area (Å²) in [5.74, 6) is -0.742. The van der Waals surface area contributed by atoms with E-state index in [4.69, 9.17) is 5.73 Å². The number of nitrogens with two attached hydrogens (primary N) is 1. The Labute approximate surface area is 300 Å². The Hall–Kier alpha value is -3.67. The fraction of sp³-hybridized carbons (Fsp3) is 0.429. The van der Waals surface area contributed by atoms with Gasteiger partial charge in [-0.3, -0.25) is 18.5 Å². The summed E-state index contributed by atoms with van der Waals surface area (Å²) in [7, 11) is -13.0. The number of carbonyl (C=O) groups excluding carboxylic acids is 1. The predicted octanol–water partition coefficient (Wildman–Crippen LogP) is 5.06. The molecule has 5 N–H and O–H groups in total. The SMILES string of the molecule is CC1(C)C(/C=C/C=C/C=C2\N(CCCCCC(N)=O)c3ccc(S(=O)(=O)O)cc3C2(C)C)=[N+](CCCCS(=O)(=O)O)c2ccc(S(=O)(=O)O)cc21. The molecule has 16 heteroatoms. The zero-order chi connectivity index (χ0) is 38.0. The van der Waals surface area contributed by atoms with Crippen LogP contribution in [0, 0.1) is 0 Å². The lowest BCUT2D eigenvalue weighted by Gasteiger charge is -2.27. The van der Waals surface area contributed by atoms with Crippen molar-refractivity contribution < 1.29 is 48.3 Å². The number of rotatable bonds is 16. The summed E-state index contributed by atoms with van der Waals surface area (Å²) in [5.41, 5.74) is 8.58. The number of nitrogens with zero attached hydrogens (tertiary/aromatic N) is 2. The molecule has 2 aromatic carbocycles. The first-order valence-electron chi connectivity index (χ1n) is 16.5. The Morgan fingerprint density at radius 2 is 1.41 bits per heavy atom. The first-order valence-corrected chi connectivity index (χ1v) is 21.0. The summed E-state index contributed by atoms with van der Waals surface area (Å²) in [6, 6.07) is 8.91. The lowest BCUT2D eigenvalue weighted by Crippen LogP contribution is -2.28. The molecule has 0 aliphatic carbocycles. The average Bonchev–Trinajstić information content (AvgIpc) is 3.35. The molecular weight excluding hydrogens is 719 g/mol. The van der Waals surface area contributed by atoms with Gasteiger partial charge in [-0.05, 0) is 75.1 Å². The minimum absolute atomic E-state index is 0.195. The number of benzene rings is 2. The molecular formula is C35H46N3O10S3+. The van der Waals surface area contributed by atoms with Crippen LogP contribution in [0.2, 0.25) is 0 Å². The second kappa shape index (κ2) is 15.1. The van der Waals surface area contributed by atoms with E-state index in [0.29, 0.717) is 43.6 Å². The summed E-state index contributed by atoms with van der Waals surface area (Å²) in [5, 5.41) is 0. The van der Waals surface area contributed by atoms with Gasteiger partial charge in [0.2, 0.25) is 11.6 Å². The van der Waals surface area contributed by atoms with Gasteiger partial charge in [0.25, 0.3) is 30.4 Å². The molecule has 2 aliphatic rings. The number of unbranched alkanes of at least 4 members (excludes halogenated alkanes) is 3. The van der Waals surface area contributed by atoms with Crippen LogP contribution in [-0.4, -0.2) is 73.9 Å². The molecule has 0 aromatic heterocycles. The maximum Gasteiger partial charge on any atom is 0.294 e. The van der Waals surface area contributed by atoms with Gasteiger partial charge in [0.15, 0.2) is 5.71 Å². The van der Waals surface area contributed by atoms with Crippen LogP contribution in [-0.2, 0) is 46.0 Å². The molecule has 0 spiro atoms. The van der Waals surface area contributed by atoms with Gasteiger partial charge in [-0.15, -0.1) is 0 Å². The van der Waals surface area contributed by atoms with Crippen molar-refractivity contribution in [2.75, 3.05) is 23.7 Å². The maximum absolute atomic E-state index is 12.0. The quantitative estimate of drug-likeness (QED) is 0.0767. The molecule has 0 unspecified atom stereocenters. The molecule has 2 aliphatic heterocycles. The zero-order valence-corrected chi connectivity index (χ0v) is 31.6. The molecule has 51 heavy (non-hydrogen) atoms. The van der Waals surface area contributed by atoms with Gasteiger partial charge >= 0.3 is 0 Å². The molecule has 0 bridgehead atoms. The van der Waals surface area contributed by atoms with Gasteiger partial charge in [0, 0.05) is 53.9 Å². The van der Waals surface area contributed by atoms with E-state index in [1.54, 1.807) is 12.1 Å². The third kappa shape index (κ3) is 9.42. The second-order valence-electron chi connectivity index (χ2n) is 13.8. The maximum atomic E-state index is 12.0. The van der Waals surface area contributed by atoms with Crippen molar-refractivity contribution >= 4 is 53.3 Å². The highest BCUT2D eigenvalue weighted by molar-refractivity contribution is 7.86. The standard InChI is InChI=1S/C35H45N3O10S3/c1-34(2)27-23-25(50(43,44)45)16-18-29(27)37(20-10-6-9-15-33(36)39)31(34)13-7-5-8-14-32-35(3,4)28-24-26(51(46,47)48)17-19-30(28)38(32)21-11-12-22-49(40,41)42/h5,7-8,13-14,16-19,23-24H,6,9-12,15,20-22H2,1-4H3,(H4-,36,39,40,41,42,43,44,45,46,47,48)/p+1. The summed E-state index contributed by atoms with van der Waals surface area (Å²) >= 11 is 0. The van der Waals surface area contributed by atoms with E-state index < -0.39 is 41.2 Å². The summed E-state index contributed by atoms with van der Waals surface area (Å²) < 4.78 is 101. The first kappa shape index (κ1) is 40.1. The number of anilines is 1. The molecule has 0 atom stereocenters. The molecule has 13 nitrogen and oxygen atoms in total. The van der Waals surface area contributed by atoms with Crippen LogP contribution in [0.5, 0.6) is 0 Å². The number of hydrogen-bond donors (Lipinski definition) is 4. The van der Waals surface area contributed by atoms with E-state index >= 15 is 0 Å². The van der Waals surface area contributed by atoms with Crippen molar-refractivity contribution in [1.82, 2.24) is 0 Å². The van der Waals surface area contributed by atoms with Crippen molar-refractivity contribution in [2.45, 2.75) is 86.8 Å².